The number of hydrogen-bond acceptors (Lipinski definition) is 3. The first-order valence-electron chi connectivity index (χ1n) is 8.03. The molecule has 0 spiro atoms. The molecule has 3 rings (SSSR count). The first kappa shape index (κ1) is 16.6. The summed E-state index contributed by atoms with van der Waals surface area (Å²) in [5.41, 5.74) is 3.68. The highest BCUT2D eigenvalue weighted by molar-refractivity contribution is 6.03. The van der Waals surface area contributed by atoms with E-state index < -0.39 is 0 Å². The van der Waals surface area contributed by atoms with Gasteiger partial charge in [-0.3, -0.25) is 9.59 Å². The third-order valence-electron chi connectivity index (χ3n) is 3.92. The molecule has 0 bridgehead atoms. The molecule has 0 fully saturated rings. The van der Waals surface area contributed by atoms with E-state index in [0.29, 0.717) is 6.54 Å². The van der Waals surface area contributed by atoms with E-state index in [4.69, 9.17) is 0 Å². The van der Waals surface area contributed by atoms with Crippen molar-refractivity contribution >= 4 is 11.6 Å². The lowest BCUT2D eigenvalue weighted by atomic mass is 10.1. The predicted molar refractivity (Wildman–Crippen MR) is 97.9 cm³/mol. The van der Waals surface area contributed by atoms with Crippen LogP contribution in [0, 0.1) is 13.8 Å². The fourth-order valence-electron chi connectivity index (χ4n) is 2.50. The van der Waals surface area contributed by atoms with Crippen molar-refractivity contribution in [2.45, 2.75) is 20.4 Å². The van der Waals surface area contributed by atoms with Crippen molar-refractivity contribution in [1.29, 1.82) is 0 Å². The van der Waals surface area contributed by atoms with Gasteiger partial charge in [0, 0.05) is 11.8 Å². The number of amides is 1. The molecule has 0 aliphatic carbocycles. The number of benzene rings is 2. The normalized spacial score (nSPS) is 10.5. The van der Waals surface area contributed by atoms with Crippen molar-refractivity contribution in [3.8, 4) is 0 Å². The van der Waals surface area contributed by atoms with Crippen LogP contribution in [0.2, 0.25) is 0 Å². The summed E-state index contributed by atoms with van der Waals surface area (Å²) in [6.07, 6.45) is 0. The summed E-state index contributed by atoms with van der Waals surface area (Å²) in [6, 6.07) is 18.2. The van der Waals surface area contributed by atoms with E-state index in [1.54, 1.807) is 0 Å². The van der Waals surface area contributed by atoms with Gasteiger partial charge in [-0.05, 0) is 42.7 Å². The van der Waals surface area contributed by atoms with Crippen LogP contribution in [0.1, 0.15) is 27.2 Å². The van der Waals surface area contributed by atoms with Crippen molar-refractivity contribution < 1.29 is 4.79 Å². The topological polar surface area (TPSA) is 64.0 Å². The minimum absolute atomic E-state index is 0.205. The summed E-state index contributed by atoms with van der Waals surface area (Å²) in [7, 11) is 0. The van der Waals surface area contributed by atoms with Gasteiger partial charge in [0.05, 0.1) is 6.54 Å². The van der Waals surface area contributed by atoms with Crippen molar-refractivity contribution in [2.24, 2.45) is 0 Å². The zero-order valence-corrected chi connectivity index (χ0v) is 14.2. The summed E-state index contributed by atoms with van der Waals surface area (Å²) < 4.78 is 1.30. The van der Waals surface area contributed by atoms with E-state index in [2.05, 4.69) is 10.4 Å². The van der Waals surface area contributed by atoms with Crippen LogP contribution in [-0.4, -0.2) is 15.7 Å². The van der Waals surface area contributed by atoms with Gasteiger partial charge in [0.2, 0.25) is 0 Å². The quantitative estimate of drug-likeness (QED) is 0.798. The van der Waals surface area contributed by atoms with Crippen LogP contribution < -0.4 is 10.9 Å². The molecule has 5 nitrogen and oxygen atoms in total. The van der Waals surface area contributed by atoms with Crippen molar-refractivity contribution in [3.05, 3.63) is 93.4 Å². The van der Waals surface area contributed by atoms with Gasteiger partial charge in [-0.25, -0.2) is 4.68 Å². The number of carbonyl (C=O) groups excluding carboxylic acids is 1. The largest absolute Gasteiger partial charge is 0.320 e. The number of nitrogens with zero attached hydrogens (tertiary/aromatic N) is 2. The van der Waals surface area contributed by atoms with E-state index in [-0.39, 0.29) is 17.2 Å². The number of hydrogen-bond donors (Lipinski definition) is 1. The van der Waals surface area contributed by atoms with Crippen molar-refractivity contribution in [2.75, 3.05) is 5.32 Å². The molecule has 25 heavy (non-hydrogen) atoms. The maximum Gasteiger partial charge on any atom is 0.276 e. The molecule has 126 valence electrons. The number of rotatable bonds is 4. The summed E-state index contributed by atoms with van der Waals surface area (Å²) in [4.78, 5) is 24.5. The molecule has 0 unspecified atom stereocenters. The maximum atomic E-state index is 12.5. The summed E-state index contributed by atoms with van der Waals surface area (Å²) in [5, 5.41) is 7.07. The van der Waals surface area contributed by atoms with E-state index in [1.165, 1.54) is 16.8 Å². The van der Waals surface area contributed by atoms with Crippen LogP contribution in [0.3, 0.4) is 0 Å². The Bertz CT molecular complexity index is 962. The lowest BCUT2D eigenvalue weighted by Gasteiger charge is -2.10. The molecule has 1 heterocycles. The zero-order chi connectivity index (χ0) is 17.8. The van der Waals surface area contributed by atoms with Crippen LogP contribution in [0.15, 0.2) is 65.5 Å². The van der Waals surface area contributed by atoms with Crippen LogP contribution in [-0.2, 0) is 6.54 Å². The van der Waals surface area contributed by atoms with Crippen LogP contribution in [0.5, 0.6) is 0 Å². The molecule has 1 aromatic heterocycles. The van der Waals surface area contributed by atoms with Gasteiger partial charge >= 0.3 is 0 Å². The highest BCUT2D eigenvalue weighted by Crippen LogP contribution is 2.17. The molecular formula is C20H19N3O2. The average molecular weight is 333 g/mol. The lowest BCUT2D eigenvalue weighted by Crippen LogP contribution is -2.26. The molecule has 1 amide bonds. The Kier molecular flexibility index (Phi) is 4.75. The molecule has 1 N–H and O–H groups in total. The summed E-state index contributed by atoms with van der Waals surface area (Å²) in [6.45, 7) is 4.22. The minimum Gasteiger partial charge on any atom is -0.320 e. The van der Waals surface area contributed by atoms with Gasteiger partial charge in [0.25, 0.3) is 11.5 Å². The highest BCUT2D eigenvalue weighted by Gasteiger charge is 2.11. The molecule has 0 saturated heterocycles. The fourth-order valence-corrected chi connectivity index (χ4v) is 2.50. The fraction of sp³-hybridized carbons (Fsp3) is 0.150. The second kappa shape index (κ2) is 7.13. The number of anilines is 1. The number of aryl methyl sites for hydroxylation is 2. The second-order valence-electron chi connectivity index (χ2n) is 5.97. The maximum absolute atomic E-state index is 12.5. The van der Waals surface area contributed by atoms with Gasteiger partial charge in [0.15, 0.2) is 0 Å². The zero-order valence-electron chi connectivity index (χ0n) is 14.2. The smallest absolute Gasteiger partial charge is 0.276 e. The number of carbonyl (C=O) groups is 1. The van der Waals surface area contributed by atoms with E-state index >= 15 is 0 Å². The van der Waals surface area contributed by atoms with Crippen LogP contribution in [0.25, 0.3) is 0 Å². The standard InChI is InChI=1S/C20H19N3O2/c1-14-8-9-15(2)18(12-14)21-20(25)17-10-11-19(24)23(22-17)13-16-6-4-3-5-7-16/h3-12H,13H2,1-2H3,(H,21,25). The second-order valence-corrected chi connectivity index (χ2v) is 5.97. The van der Waals surface area contributed by atoms with Crippen molar-refractivity contribution in [3.63, 3.8) is 0 Å². The first-order valence-corrected chi connectivity index (χ1v) is 8.03. The molecule has 0 aliphatic heterocycles. The lowest BCUT2D eigenvalue weighted by molar-refractivity contribution is 0.102. The molecule has 0 radical (unpaired) electrons. The molecule has 2 aromatic carbocycles. The van der Waals surface area contributed by atoms with E-state index in [1.807, 2.05) is 62.4 Å². The van der Waals surface area contributed by atoms with E-state index in [9.17, 15) is 9.59 Å². The Morgan fingerprint density at radius 2 is 1.80 bits per heavy atom. The molecule has 5 heteroatoms. The minimum atomic E-state index is -0.337. The molecule has 0 atom stereocenters. The highest BCUT2D eigenvalue weighted by atomic mass is 16.2. The molecule has 3 aromatic rings. The van der Waals surface area contributed by atoms with Gasteiger partial charge in [-0.2, -0.15) is 5.10 Å². The summed E-state index contributed by atoms with van der Waals surface area (Å²) >= 11 is 0. The molecule has 0 saturated carbocycles. The Morgan fingerprint density at radius 1 is 1.04 bits per heavy atom. The Labute approximate surface area is 145 Å². The van der Waals surface area contributed by atoms with Gasteiger partial charge in [-0.1, -0.05) is 42.5 Å². The summed E-state index contributed by atoms with van der Waals surface area (Å²) in [5.74, 6) is -0.337. The van der Waals surface area contributed by atoms with Gasteiger partial charge in [0.1, 0.15) is 5.69 Å². The number of aromatic nitrogens is 2. The Morgan fingerprint density at radius 3 is 2.56 bits per heavy atom. The third-order valence-corrected chi connectivity index (χ3v) is 3.92. The first-order chi connectivity index (χ1) is 12.0. The van der Waals surface area contributed by atoms with Gasteiger partial charge < -0.3 is 5.32 Å². The predicted octanol–water partition coefficient (Wildman–Crippen LogP) is 3.16. The Balaban J connectivity index is 1.85. The average Bonchev–Trinajstić information content (AvgIpc) is 2.61. The number of nitrogens with one attached hydrogen (secondary N) is 1. The Hall–Kier alpha value is -3.21. The molecular weight excluding hydrogens is 314 g/mol. The third kappa shape index (κ3) is 4.01. The van der Waals surface area contributed by atoms with Crippen LogP contribution in [0.4, 0.5) is 5.69 Å². The SMILES string of the molecule is Cc1ccc(C)c(NC(=O)c2ccc(=O)n(Cc3ccccc3)n2)c1. The monoisotopic (exact) mass is 333 g/mol. The molecule has 0 aliphatic rings. The van der Waals surface area contributed by atoms with Crippen LogP contribution >= 0.6 is 0 Å². The van der Waals surface area contributed by atoms with Crippen molar-refractivity contribution in [1.82, 2.24) is 9.78 Å². The van der Waals surface area contributed by atoms with E-state index in [0.717, 1.165) is 22.4 Å². The van der Waals surface area contributed by atoms with Gasteiger partial charge in [-0.15, -0.1) is 0 Å².